The van der Waals surface area contributed by atoms with E-state index in [1.807, 2.05) is 24.3 Å². The lowest BCUT2D eigenvalue weighted by Crippen LogP contribution is -2.01. The Morgan fingerprint density at radius 2 is 2.21 bits per heavy atom. The van der Waals surface area contributed by atoms with E-state index in [-0.39, 0.29) is 0 Å². The van der Waals surface area contributed by atoms with Crippen LogP contribution in [0.3, 0.4) is 0 Å². The Bertz CT molecular complexity index is 446. The van der Waals surface area contributed by atoms with Gasteiger partial charge in [-0.2, -0.15) is 5.10 Å². The van der Waals surface area contributed by atoms with Gasteiger partial charge in [0.25, 0.3) is 0 Å². The number of benzene rings is 1. The third kappa shape index (κ3) is 1.57. The number of hydrogen-bond acceptors (Lipinski definition) is 3. The van der Waals surface area contributed by atoms with E-state index in [0.717, 1.165) is 16.6 Å². The minimum Gasteiger partial charge on any atom is -0.365 e. The first-order chi connectivity index (χ1) is 6.92. The van der Waals surface area contributed by atoms with Crippen LogP contribution in [0.2, 0.25) is 0 Å². The number of hydrogen-bond donors (Lipinski definition) is 1. The smallest absolute Gasteiger partial charge is 0.156 e. The lowest BCUT2D eigenvalue weighted by atomic mass is 10.2. The molecule has 70 valence electrons. The van der Waals surface area contributed by atoms with Crippen molar-refractivity contribution in [3.05, 3.63) is 43.1 Å². The third-order valence-electron chi connectivity index (χ3n) is 1.98. The molecule has 1 aromatic carbocycles. The molecule has 0 bridgehead atoms. The van der Waals surface area contributed by atoms with Gasteiger partial charge in [-0.3, -0.25) is 0 Å². The fraction of sp³-hybridized carbons (Fsp3) is 0.0909. The molecule has 0 aliphatic heterocycles. The van der Waals surface area contributed by atoms with Crippen molar-refractivity contribution < 1.29 is 0 Å². The topological polar surface area (TPSA) is 37.8 Å². The van der Waals surface area contributed by atoms with Crippen molar-refractivity contribution >= 4 is 16.6 Å². The molecule has 0 amide bonds. The van der Waals surface area contributed by atoms with E-state index in [0.29, 0.717) is 6.54 Å². The Kier molecular flexibility index (Phi) is 2.40. The number of fused-ring (bicyclic) bond motifs is 1. The van der Waals surface area contributed by atoms with Gasteiger partial charge in [-0.05, 0) is 0 Å². The molecule has 0 radical (unpaired) electrons. The van der Waals surface area contributed by atoms with Gasteiger partial charge in [-0.1, -0.05) is 30.3 Å². The van der Waals surface area contributed by atoms with Crippen LogP contribution in [0.15, 0.2) is 43.1 Å². The van der Waals surface area contributed by atoms with Crippen molar-refractivity contribution in [2.75, 3.05) is 11.9 Å². The molecule has 3 heteroatoms. The summed E-state index contributed by atoms with van der Waals surface area (Å²) in [6, 6.07) is 8.02. The average Bonchev–Trinajstić information content (AvgIpc) is 2.26. The SMILES string of the molecule is C=CCNc1nncc2ccccc12. The summed E-state index contributed by atoms with van der Waals surface area (Å²) in [4.78, 5) is 0. The van der Waals surface area contributed by atoms with Gasteiger partial charge < -0.3 is 5.32 Å². The summed E-state index contributed by atoms with van der Waals surface area (Å²) < 4.78 is 0. The molecule has 0 aliphatic rings. The maximum Gasteiger partial charge on any atom is 0.156 e. The van der Waals surface area contributed by atoms with Crippen LogP contribution in [-0.4, -0.2) is 16.7 Å². The second kappa shape index (κ2) is 3.87. The van der Waals surface area contributed by atoms with E-state index in [1.54, 1.807) is 12.3 Å². The third-order valence-corrected chi connectivity index (χ3v) is 1.98. The summed E-state index contributed by atoms with van der Waals surface area (Å²) in [5.74, 6) is 0.808. The summed E-state index contributed by atoms with van der Waals surface area (Å²) in [5, 5.41) is 13.3. The van der Waals surface area contributed by atoms with Crippen LogP contribution in [0.4, 0.5) is 5.82 Å². The van der Waals surface area contributed by atoms with Crippen molar-refractivity contribution in [2.24, 2.45) is 0 Å². The highest BCUT2D eigenvalue weighted by molar-refractivity contribution is 5.90. The predicted molar refractivity (Wildman–Crippen MR) is 58.2 cm³/mol. The normalized spacial score (nSPS) is 10.0. The second-order valence-electron chi connectivity index (χ2n) is 2.95. The van der Waals surface area contributed by atoms with Gasteiger partial charge in [0.15, 0.2) is 5.82 Å². The first kappa shape index (κ1) is 8.69. The quantitative estimate of drug-likeness (QED) is 0.745. The average molecular weight is 185 g/mol. The van der Waals surface area contributed by atoms with Crippen molar-refractivity contribution in [2.45, 2.75) is 0 Å². The highest BCUT2D eigenvalue weighted by atomic mass is 15.2. The van der Waals surface area contributed by atoms with E-state index < -0.39 is 0 Å². The van der Waals surface area contributed by atoms with E-state index in [2.05, 4.69) is 22.1 Å². The molecule has 1 N–H and O–H groups in total. The van der Waals surface area contributed by atoms with Crippen LogP contribution >= 0.6 is 0 Å². The van der Waals surface area contributed by atoms with Gasteiger partial charge in [0.1, 0.15) is 0 Å². The minimum absolute atomic E-state index is 0.697. The molecule has 14 heavy (non-hydrogen) atoms. The molecule has 0 atom stereocenters. The van der Waals surface area contributed by atoms with Crippen LogP contribution in [0.1, 0.15) is 0 Å². The predicted octanol–water partition coefficient (Wildman–Crippen LogP) is 2.23. The molecule has 0 unspecified atom stereocenters. The van der Waals surface area contributed by atoms with Crippen LogP contribution in [0, 0.1) is 0 Å². The van der Waals surface area contributed by atoms with Gasteiger partial charge in [-0.25, -0.2) is 0 Å². The summed E-state index contributed by atoms with van der Waals surface area (Å²) in [6.45, 7) is 4.34. The van der Waals surface area contributed by atoms with E-state index in [1.165, 1.54) is 0 Å². The van der Waals surface area contributed by atoms with Gasteiger partial charge in [-0.15, -0.1) is 11.7 Å². The fourth-order valence-corrected chi connectivity index (χ4v) is 1.33. The standard InChI is InChI=1S/C11H11N3/c1-2-7-12-11-10-6-4-3-5-9(10)8-13-14-11/h2-6,8H,1,7H2,(H,12,14). The molecular formula is C11H11N3. The minimum atomic E-state index is 0.697. The lowest BCUT2D eigenvalue weighted by Gasteiger charge is -2.04. The van der Waals surface area contributed by atoms with Gasteiger partial charge in [0, 0.05) is 17.3 Å². The van der Waals surface area contributed by atoms with Crippen LogP contribution in [-0.2, 0) is 0 Å². The maximum atomic E-state index is 4.04. The molecule has 3 nitrogen and oxygen atoms in total. The number of aromatic nitrogens is 2. The molecule has 1 heterocycles. The zero-order chi connectivity index (χ0) is 9.80. The Labute approximate surface area is 82.5 Å². The van der Waals surface area contributed by atoms with Crippen molar-refractivity contribution in [1.82, 2.24) is 10.2 Å². The Morgan fingerprint density at radius 1 is 1.36 bits per heavy atom. The van der Waals surface area contributed by atoms with E-state index >= 15 is 0 Å². The van der Waals surface area contributed by atoms with Gasteiger partial charge >= 0.3 is 0 Å². The zero-order valence-corrected chi connectivity index (χ0v) is 7.77. The number of rotatable bonds is 3. The first-order valence-corrected chi connectivity index (χ1v) is 4.47. The van der Waals surface area contributed by atoms with E-state index in [4.69, 9.17) is 0 Å². The molecule has 0 saturated heterocycles. The maximum absolute atomic E-state index is 4.04. The Hall–Kier alpha value is -1.90. The zero-order valence-electron chi connectivity index (χ0n) is 7.77. The summed E-state index contributed by atoms with van der Waals surface area (Å²) >= 11 is 0. The molecular weight excluding hydrogens is 174 g/mol. The van der Waals surface area contributed by atoms with Crippen molar-refractivity contribution in [1.29, 1.82) is 0 Å². The Morgan fingerprint density at radius 3 is 3.07 bits per heavy atom. The van der Waals surface area contributed by atoms with Gasteiger partial charge in [0.05, 0.1) is 6.20 Å². The molecule has 1 aromatic heterocycles. The second-order valence-corrected chi connectivity index (χ2v) is 2.95. The van der Waals surface area contributed by atoms with Crippen molar-refractivity contribution in [3.63, 3.8) is 0 Å². The largest absolute Gasteiger partial charge is 0.365 e. The van der Waals surface area contributed by atoms with E-state index in [9.17, 15) is 0 Å². The molecule has 0 aliphatic carbocycles. The number of anilines is 1. The Balaban J connectivity index is 2.48. The molecule has 2 aromatic rings. The van der Waals surface area contributed by atoms with Crippen LogP contribution in [0.25, 0.3) is 10.8 Å². The first-order valence-electron chi connectivity index (χ1n) is 4.47. The number of nitrogens with zero attached hydrogens (tertiary/aromatic N) is 2. The monoisotopic (exact) mass is 185 g/mol. The highest BCUT2D eigenvalue weighted by Crippen LogP contribution is 2.18. The lowest BCUT2D eigenvalue weighted by molar-refractivity contribution is 1.04. The summed E-state index contributed by atoms with van der Waals surface area (Å²) in [6.07, 6.45) is 3.55. The molecule has 0 saturated carbocycles. The highest BCUT2D eigenvalue weighted by Gasteiger charge is 1.99. The van der Waals surface area contributed by atoms with Crippen LogP contribution < -0.4 is 5.32 Å². The summed E-state index contributed by atoms with van der Waals surface area (Å²) in [7, 11) is 0. The molecule has 2 rings (SSSR count). The van der Waals surface area contributed by atoms with Gasteiger partial charge in [0.2, 0.25) is 0 Å². The molecule has 0 fully saturated rings. The summed E-state index contributed by atoms with van der Waals surface area (Å²) in [5.41, 5.74) is 0. The fourth-order valence-electron chi connectivity index (χ4n) is 1.33. The van der Waals surface area contributed by atoms with Crippen LogP contribution in [0.5, 0.6) is 0 Å². The molecule has 0 spiro atoms. The van der Waals surface area contributed by atoms with Crippen molar-refractivity contribution in [3.8, 4) is 0 Å². The number of nitrogens with one attached hydrogen (secondary N) is 1.